The van der Waals surface area contributed by atoms with Gasteiger partial charge in [-0.05, 0) is 25.7 Å². The Balaban J connectivity index is 2.42. The fourth-order valence-electron chi connectivity index (χ4n) is 2.66. The molecule has 0 nitrogen and oxygen atoms in total. The summed E-state index contributed by atoms with van der Waals surface area (Å²) in [4.78, 5) is 0. The molecule has 0 saturated carbocycles. The van der Waals surface area contributed by atoms with Crippen LogP contribution in [0.25, 0.3) is 0 Å². The molecular weight excluding hydrogens is 324 g/mol. The average molecular weight is 361 g/mol. The van der Waals surface area contributed by atoms with Crippen LogP contribution in [-0.2, 0) is 0 Å². The molecule has 0 heteroatoms. The Morgan fingerprint density at radius 1 is 0.222 bits per heavy atom. The van der Waals surface area contributed by atoms with Crippen LogP contribution in [0.5, 0.6) is 0 Å². The lowest BCUT2D eigenvalue weighted by Crippen LogP contribution is -1.80. The Morgan fingerprint density at radius 2 is 0.444 bits per heavy atom. The molecule has 0 aromatic rings. The van der Waals surface area contributed by atoms with Crippen molar-refractivity contribution >= 4 is 0 Å². The van der Waals surface area contributed by atoms with Gasteiger partial charge in [-0.1, -0.05) is 141 Å². The Hall–Kier alpha value is -2.34. The van der Waals surface area contributed by atoms with E-state index in [0.717, 1.165) is 0 Å². The topological polar surface area (TPSA) is 0 Å². The third kappa shape index (κ3) is 18.3. The van der Waals surface area contributed by atoms with Gasteiger partial charge < -0.3 is 0 Å². The fourth-order valence-corrected chi connectivity index (χ4v) is 2.66. The Kier molecular flexibility index (Phi) is 16.8. The molecule has 27 heavy (non-hydrogen) atoms. The van der Waals surface area contributed by atoms with Crippen LogP contribution < -0.4 is 0 Å². The summed E-state index contributed by atoms with van der Waals surface area (Å²) >= 11 is 0. The monoisotopic (exact) mass is 360 g/mol. The van der Waals surface area contributed by atoms with Crippen molar-refractivity contribution in [1.29, 1.82) is 0 Å². The maximum atomic E-state index is 2.27. The molecule has 0 radical (unpaired) electrons. The summed E-state index contributed by atoms with van der Waals surface area (Å²) in [6.07, 6.45) is 49.5. The van der Waals surface area contributed by atoms with Gasteiger partial charge in [-0.25, -0.2) is 0 Å². The van der Waals surface area contributed by atoms with E-state index in [9.17, 15) is 0 Å². The minimum Gasteiger partial charge on any atom is -0.0845 e. The largest absolute Gasteiger partial charge is 0.0845 e. The average Bonchev–Trinajstić information content (AvgIpc) is 2.68. The van der Waals surface area contributed by atoms with E-state index in [1.807, 2.05) is 48.6 Å². The molecule has 0 amide bonds. The van der Waals surface area contributed by atoms with Crippen molar-refractivity contribution in [3.05, 3.63) is 109 Å². The second-order valence-electron chi connectivity index (χ2n) is 6.60. The Morgan fingerprint density at radius 3 is 0.741 bits per heavy atom. The molecular formula is C27H36. The first-order chi connectivity index (χ1) is 13.5. The highest BCUT2D eigenvalue weighted by Gasteiger charge is 1.90. The minimum atomic E-state index is 1.19. The van der Waals surface area contributed by atoms with Crippen LogP contribution in [0.1, 0.15) is 57.8 Å². The Labute approximate surface area is 167 Å². The lowest BCUT2D eigenvalue weighted by atomic mass is 10.1. The van der Waals surface area contributed by atoms with Crippen LogP contribution in [0, 0.1) is 0 Å². The van der Waals surface area contributed by atoms with Crippen molar-refractivity contribution in [2.45, 2.75) is 57.8 Å². The smallest absolute Gasteiger partial charge is 0.0348 e. The van der Waals surface area contributed by atoms with Crippen LogP contribution in [0.2, 0.25) is 0 Å². The second-order valence-corrected chi connectivity index (χ2v) is 6.60. The lowest BCUT2D eigenvalue weighted by molar-refractivity contribution is 0.583. The zero-order valence-corrected chi connectivity index (χ0v) is 16.8. The van der Waals surface area contributed by atoms with Crippen LogP contribution in [0.4, 0.5) is 0 Å². The summed E-state index contributed by atoms with van der Waals surface area (Å²) in [5, 5.41) is 0. The minimum absolute atomic E-state index is 1.19. The van der Waals surface area contributed by atoms with Crippen molar-refractivity contribution in [3.63, 3.8) is 0 Å². The standard InChI is InChI=1S/C27H36/c1-2-4-6-8-10-12-14-16-18-20-22-24-26-27-25-23-21-19-17-15-13-11-9-7-5-3-1/h1-18H,19-27H2/b2-1-,5-3-,6-4-,9-7-,10-8-,13-11-,14-12-,17-15-,18-16?. The van der Waals surface area contributed by atoms with Gasteiger partial charge in [0.05, 0.1) is 0 Å². The van der Waals surface area contributed by atoms with Crippen molar-refractivity contribution in [2.24, 2.45) is 0 Å². The van der Waals surface area contributed by atoms with E-state index in [4.69, 9.17) is 0 Å². The Bertz CT molecular complexity index is 534. The van der Waals surface area contributed by atoms with Crippen LogP contribution in [0.3, 0.4) is 0 Å². The van der Waals surface area contributed by atoms with Crippen molar-refractivity contribution in [2.75, 3.05) is 0 Å². The fraction of sp³-hybridized carbons (Fsp3) is 0.333. The van der Waals surface area contributed by atoms with E-state index in [1.54, 1.807) is 0 Å². The van der Waals surface area contributed by atoms with Gasteiger partial charge in [0.25, 0.3) is 0 Å². The highest BCUT2D eigenvalue weighted by atomic mass is 14.0. The summed E-state index contributed by atoms with van der Waals surface area (Å²) in [7, 11) is 0. The van der Waals surface area contributed by atoms with Crippen LogP contribution in [0.15, 0.2) is 109 Å². The van der Waals surface area contributed by atoms with E-state index in [1.165, 1.54) is 57.8 Å². The van der Waals surface area contributed by atoms with Gasteiger partial charge in [-0.3, -0.25) is 0 Å². The van der Waals surface area contributed by atoms with Gasteiger partial charge >= 0.3 is 0 Å². The first-order valence-corrected chi connectivity index (χ1v) is 10.5. The highest BCUT2D eigenvalue weighted by molar-refractivity contribution is 5.21. The molecule has 1 rings (SSSR count). The number of hydrogen-bond donors (Lipinski definition) is 0. The van der Waals surface area contributed by atoms with Crippen molar-refractivity contribution in [3.8, 4) is 0 Å². The first kappa shape index (κ1) is 22.7. The number of allylic oxidation sites excluding steroid dienone is 18. The SMILES string of the molecule is C1=CCCCCCCCCC\C=C/C=C\C=C/C=C\C=C/C=C\C=C/C=C\1. The van der Waals surface area contributed by atoms with Gasteiger partial charge in [0, 0.05) is 0 Å². The molecule has 0 aromatic heterocycles. The van der Waals surface area contributed by atoms with Gasteiger partial charge in [-0.2, -0.15) is 0 Å². The van der Waals surface area contributed by atoms with Crippen LogP contribution >= 0.6 is 0 Å². The zero-order valence-electron chi connectivity index (χ0n) is 16.8. The predicted octanol–water partition coefficient (Wildman–Crippen LogP) is 8.52. The zero-order chi connectivity index (χ0) is 19.1. The first-order valence-electron chi connectivity index (χ1n) is 10.5. The maximum absolute atomic E-state index is 2.27. The van der Waals surface area contributed by atoms with Crippen molar-refractivity contribution < 1.29 is 0 Å². The second kappa shape index (κ2) is 20.0. The molecule has 144 valence electrons. The third-order valence-corrected chi connectivity index (χ3v) is 4.18. The predicted molar refractivity (Wildman–Crippen MR) is 124 cm³/mol. The lowest BCUT2D eigenvalue weighted by Gasteiger charge is -2.00. The molecule has 0 unspecified atom stereocenters. The molecule has 0 fully saturated rings. The summed E-state index contributed by atoms with van der Waals surface area (Å²) in [5.74, 6) is 0. The third-order valence-electron chi connectivity index (χ3n) is 4.18. The van der Waals surface area contributed by atoms with E-state index < -0.39 is 0 Å². The van der Waals surface area contributed by atoms with Crippen molar-refractivity contribution in [1.82, 2.24) is 0 Å². The van der Waals surface area contributed by atoms with Crippen LogP contribution in [-0.4, -0.2) is 0 Å². The summed E-state index contributed by atoms with van der Waals surface area (Å²) < 4.78 is 0. The molecule has 1 aliphatic carbocycles. The molecule has 0 aliphatic heterocycles. The molecule has 0 N–H and O–H groups in total. The quantitative estimate of drug-likeness (QED) is 0.406. The molecule has 0 atom stereocenters. The molecule has 0 aromatic carbocycles. The molecule has 1 aliphatic rings. The van der Waals surface area contributed by atoms with Gasteiger partial charge in [-0.15, -0.1) is 0 Å². The molecule has 0 spiro atoms. The number of rotatable bonds is 0. The maximum Gasteiger partial charge on any atom is -0.0348 e. The van der Waals surface area contributed by atoms with E-state index in [0.29, 0.717) is 0 Å². The van der Waals surface area contributed by atoms with Gasteiger partial charge in [0.2, 0.25) is 0 Å². The molecule has 0 saturated heterocycles. The van der Waals surface area contributed by atoms with E-state index in [-0.39, 0.29) is 0 Å². The summed E-state index contributed by atoms with van der Waals surface area (Å²) in [5.41, 5.74) is 0. The number of hydrogen-bond acceptors (Lipinski definition) is 0. The molecule has 0 heterocycles. The summed E-state index contributed by atoms with van der Waals surface area (Å²) in [6.45, 7) is 0. The highest BCUT2D eigenvalue weighted by Crippen LogP contribution is 2.10. The van der Waals surface area contributed by atoms with Gasteiger partial charge in [0.1, 0.15) is 0 Å². The van der Waals surface area contributed by atoms with E-state index in [2.05, 4.69) is 60.8 Å². The normalized spacial score (nSPS) is 28.1. The van der Waals surface area contributed by atoms with E-state index >= 15 is 0 Å². The van der Waals surface area contributed by atoms with Gasteiger partial charge in [0.15, 0.2) is 0 Å². The molecule has 0 bridgehead atoms. The summed E-state index contributed by atoms with van der Waals surface area (Å²) in [6, 6.07) is 0.